The molecule has 0 atom stereocenters. The van der Waals surface area contributed by atoms with Crippen molar-refractivity contribution in [1.29, 1.82) is 5.26 Å². The van der Waals surface area contributed by atoms with Crippen LogP contribution in [0.2, 0.25) is 0 Å². The van der Waals surface area contributed by atoms with Crippen LogP contribution in [0.15, 0.2) is 35.1 Å². The molecule has 0 bridgehead atoms. The van der Waals surface area contributed by atoms with Crippen molar-refractivity contribution >= 4 is 11.0 Å². The quantitative estimate of drug-likeness (QED) is 0.730. The highest BCUT2D eigenvalue weighted by Crippen LogP contribution is 2.25. The van der Waals surface area contributed by atoms with E-state index in [4.69, 9.17) is 9.78 Å². The summed E-state index contributed by atoms with van der Waals surface area (Å²) in [4.78, 5) is 4.61. The summed E-state index contributed by atoms with van der Waals surface area (Å²) in [6.07, 6.45) is 1.54. The Balaban J connectivity index is 2.24. The van der Waals surface area contributed by atoms with Gasteiger partial charge in [-0.1, -0.05) is 19.0 Å². The van der Waals surface area contributed by atoms with E-state index in [0.717, 1.165) is 23.4 Å². The van der Waals surface area contributed by atoms with Crippen molar-refractivity contribution in [2.45, 2.75) is 20.4 Å². The molecule has 1 aromatic carbocycles. The van der Waals surface area contributed by atoms with Crippen molar-refractivity contribution < 1.29 is 4.52 Å². The van der Waals surface area contributed by atoms with Crippen LogP contribution in [-0.2, 0) is 6.54 Å². The number of hydrogen-bond acceptors (Lipinski definition) is 4. The van der Waals surface area contributed by atoms with E-state index in [1.807, 2.05) is 12.1 Å². The molecule has 100 valence electrons. The second kappa shape index (κ2) is 4.82. The SMILES string of the molecule is CC(C)Cn1c(-c2ccon2)nc2cc(C#N)ccc21. The number of imidazole rings is 1. The highest BCUT2D eigenvalue weighted by Gasteiger charge is 2.15. The number of nitrogens with zero attached hydrogens (tertiary/aromatic N) is 4. The van der Waals surface area contributed by atoms with Gasteiger partial charge in [-0.05, 0) is 24.1 Å². The van der Waals surface area contributed by atoms with Crippen LogP contribution < -0.4 is 0 Å². The first-order valence-corrected chi connectivity index (χ1v) is 6.50. The maximum absolute atomic E-state index is 8.99. The molecule has 0 aliphatic carbocycles. The van der Waals surface area contributed by atoms with E-state index in [-0.39, 0.29) is 0 Å². The number of benzene rings is 1. The normalized spacial score (nSPS) is 11.1. The summed E-state index contributed by atoms with van der Waals surface area (Å²) >= 11 is 0. The molecule has 5 nitrogen and oxygen atoms in total. The smallest absolute Gasteiger partial charge is 0.163 e. The van der Waals surface area contributed by atoms with Crippen LogP contribution >= 0.6 is 0 Å². The fourth-order valence-corrected chi connectivity index (χ4v) is 2.27. The van der Waals surface area contributed by atoms with E-state index in [1.165, 1.54) is 6.26 Å². The average Bonchev–Trinajstić information content (AvgIpc) is 3.05. The van der Waals surface area contributed by atoms with E-state index in [0.29, 0.717) is 17.2 Å². The Labute approximate surface area is 116 Å². The summed E-state index contributed by atoms with van der Waals surface area (Å²) in [6, 6.07) is 9.49. The van der Waals surface area contributed by atoms with Crippen molar-refractivity contribution in [3.05, 3.63) is 36.1 Å². The average molecular weight is 266 g/mol. The number of fused-ring (bicyclic) bond motifs is 1. The van der Waals surface area contributed by atoms with Crippen LogP contribution in [0.3, 0.4) is 0 Å². The number of nitriles is 1. The van der Waals surface area contributed by atoms with Crippen LogP contribution in [0.25, 0.3) is 22.6 Å². The maximum Gasteiger partial charge on any atom is 0.163 e. The van der Waals surface area contributed by atoms with Gasteiger partial charge in [0.1, 0.15) is 12.0 Å². The highest BCUT2D eigenvalue weighted by molar-refractivity contribution is 5.81. The minimum Gasteiger partial charge on any atom is -0.364 e. The Kier molecular flexibility index (Phi) is 2.99. The first kappa shape index (κ1) is 12.4. The Bertz CT molecular complexity index is 778. The van der Waals surface area contributed by atoms with Crippen molar-refractivity contribution in [2.24, 2.45) is 5.92 Å². The maximum atomic E-state index is 8.99. The highest BCUT2D eigenvalue weighted by atomic mass is 16.5. The van der Waals surface area contributed by atoms with Crippen molar-refractivity contribution in [2.75, 3.05) is 0 Å². The lowest BCUT2D eigenvalue weighted by Gasteiger charge is -2.10. The zero-order valence-corrected chi connectivity index (χ0v) is 11.4. The molecule has 0 fully saturated rings. The van der Waals surface area contributed by atoms with E-state index in [1.54, 1.807) is 12.1 Å². The molecule has 0 aliphatic rings. The summed E-state index contributed by atoms with van der Waals surface area (Å²) in [5.74, 6) is 1.26. The molecule has 0 unspecified atom stereocenters. The molecule has 0 saturated carbocycles. The fraction of sp³-hybridized carbons (Fsp3) is 0.267. The molecule has 0 radical (unpaired) electrons. The third-order valence-corrected chi connectivity index (χ3v) is 3.09. The van der Waals surface area contributed by atoms with Gasteiger partial charge in [0.25, 0.3) is 0 Å². The molecule has 2 aromatic heterocycles. The van der Waals surface area contributed by atoms with Crippen LogP contribution in [0.1, 0.15) is 19.4 Å². The number of aromatic nitrogens is 3. The fourth-order valence-electron chi connectivity index (χ4n) is 2.27. The second-order valence-corrected chi connectivity index (χ2v) is 5.14. The summed E-state index contributed by atoms with van der Waals surface area (Å²) in [6.45, 7) is 5.15. The second-order valence-electron chi connectivity index (χ2n) is 5.14. The molecule has 2 heterocycles. The molecule has 0 amide bonds. The van der Waals surface area contributed by atoms with E-state index in [2.05, 4.69) is 34.6 Å². The topological polar surface area (TPSA) is 67.6 Å². The van der Waals surface area contributed by atoms with E-state index >= 15 is 0 Å². The lowest BCUT2D eigenvalue weighted by atomic mass is 10.2. The summed E-state index contributed by atoms with van der Waals surface area (Å²) in [5, 5.41) is 13.0. The molecule has 5 heteroatoms. The van der Waals surface area contributed by atoms with Gasteiger partial charge in [-0.3, -0.25) is 0 Å². The minimum absolute atomic E-state index is 0.480. The molecule has 3 aromatic rings. The molecule has 0 N–H and O–H groups in total. The molecule has 0 aliphatic heterocycles. The van der Waals surface area contributed by atoms with Gasteiger partial charge in [0, 0.05) is 12.6 Å². The Morgan fingerprint density at radius 3 is 2.85 bits per heavy atom. The van der Waals surface area contributed by atoms with Crippen molar-refractivity contribution in [3.63, 3.8) is 0 Å². The zero-order chi connectivity index (χ0) is 14.1. The molecule has 0 spiro atoms. The van der Waals surface area contributed by atoms with Crippen LogP contribution in [0.4, 0.5) is 0 Å². The van der Waals surface area contributed by atoms with E-state index < -0.39 is 0 Å². The lowest BCUT2D eigenvalue weighted by Crippen LogP contribution is -2.06. The van der Waals surface area contributed by atoms with Gasteiger partial charge in [-0.2, -0.15) is 5.26 Å². The summed E-state index contributed by atoms with van der Waals surface area (Å²) in [5.41, 5.74) is 3.14. The number of rotatable bonds is 3. The zero-order valence-electron chi connectivity index (χ0n) is 11.4. The lowest BCUT2D eigenvalue weighted by molar-refractivity contribution is 0.421. The summed E-state index contributed by atoms with van der Waals surface area (Å²) in [7, 11) is 0. The van der Waals surface area contributed by atoms with Gasteiger partial charge in [0.15, 0.2) is 5.82 Å². The van der Waals surface area contributed by atoms with Gasteiger partial charge in [-0.15, -0.1) is 0 Å². The molecule has 20 heavy (non-hydrogen) atoms. The minimum atomic E-state index is 0.480. The largest absolute Gasteiger partial charge is 0.364 e. The predicted octanol–water partition coefficient (Wildman–Crippen LogP) is 3.22. The third kappa shape index (κ3) is 2.05. The van der Waals surface area contributed by atoms with Gasteiger partial charge in [0.2, 0.25) is 0 Å². The van der Waals surface area contributed by atoms with Crippen LogP contribution in [0.5, 0.6) is 0 Å². The van der Waals surface area contributed by atoms with Crippen molar-refractivity contribution in [3.8, 4) is 17.6 Å². The first-order chi connectivity index (χ1) is 9.69. The third-order valence-electron chi connectivity index (χ3n) is 3.09. The van der Waals surface area contributed by atoms with Crippen LogP contribution in [0, 0.1) is 17.2 Å². The van der Waals surface area contributed by atoms with Gasteiger partial charge in [0.05, 0.1) is 22.7 Å². The number of hydrogen-bond donors (Lipinski definition) is 0. The first-order valence-electron chi connectivity index (χ1n) is 6.50. The Morgan fingerprint density at radius 2 is 2.20 bits per heavy atom. The van der Waals surface area contributed by atoms with Gasteiger partial charge in [-0.25, -0.2) is 4.98 Å². The monoisotopic (exact) mass is 266 g/mol. The Morgan fingerprint density at radius 1 is 1.35 bits per heavy atom. The van der Waals surface area contributed by atoms with E-state index in [9.17, 15) is 0 Å². The Hall–Kier alpha value is -2.61. The van der Waals surface area contributed by atoms with Crippen molar-refractivity contribution in [1.82, 2.24) is 14.7 Å². The molecular weight excluding hydrogens is 252 g/mol. The molecular formula is C15H14N4O. The summed E-state index contributed by atoms with van der Waals surface area (Å²) < 4.78 is 7.04. The predicted molar refractivity (Wildman–Crippen MR) is 74.8 cm³/mol. The van der Waals surface area contributed by atoms with Gasteiger partial charge >= 0.3 is 0 Å². The molecule has 3 rings (SSSR count). The van der Waals surface area contributed by atoms with Gasteiger partial charge < -0.3 is 9.09 Å². The van der Waals surface area contributed by atoms with Crippen LogP contribution in [-0.4, -0.2) is 14.7 Å². The molecule has 0 saturated heterocycles. The standard InChI is InChI=1S/C15H14N4O/c1-10(2)9-19-14-4-3-11(8-16)7-13(14)17-15(19)12-5-6-20-18-12/h3-7,10H,9H2,1-2H3.